The van der Waals surface area contributed by atoms with Crippen molar-refractivity contribution in [3.05, 3.63) is 88.4 Å². The predicted molar refractivity (Wildman–Crippen MR) is 103 cm³/mol. The molecule has 0 bridgehead atoms. The molecule has 25 heavy (non-hydrogen) atoms. The number of halogens is 1. The van der Waals surface area contributed by atoms with E-state index in [4.69, 9.17) is 11.6 Å². The lowest BCUT2D eigenvalue weighted by Crippen LogP contribution is -2.37. The van der Waals surface area contributed by atoms with Crippen LogP contribution in [0.15, 0.2) is 66.7 Å². The molecule has 0 spiro atoms. The maximum absolute atomic E-state index is 10.2. The van der Waals surface area contributed by atoms with E-state index in [1.807, 2.05) is 30.3 Å². The Hall–Kier alpha value is -2.29. The number of nitrogens with one attached hydrogen (secondary N) is 1. The van der Waals surface area contributed by atoms with E-state index in [0.717, 1.165) is 22.6 Å². The van der Waals surface area contributed by atoms with Crippen LogP contribution < -0.4 is 5.32 Å². The lowest BCUT2D eigenvalue weighted by molar-refractivity contribution is 0.464. The van der Waals surface area contributed by atoms with Gasteiger partial charge < -0.3 is 10.4 Å². The molecule has 1 heterocycles. The van der Waals surface area contributed by atoms with Gasteiger partial charge in [-0.15, -0.1) is 0 Å². The molecule has 0 amide bonds. The summed E-state index contributed by atoms with van der Waals surface area (Å²) >= 11 is 6.04. The Kier molecular flexibility index (Phi) is 4.24. The van der Waals surface area contributed by atoms with Crippen molar-refractivity contribution in [3.63, 3.8) is 0 Å². The second-order valence-corrected chi connectivity index (χ2v) is 7.12. The van der Waals surface area contributed by atoms with Crippen LogP contribution in [0.2, 0.25) is 5.02 Å². The molecular weight excluding hydrogens is 330 g/mol. The van der Waals surface area contributed by atoms with Gasteiger partial charge in [-0.05, 0) is 53.8 Å². The van der Waals surface area contributed by atoms with Crippen molar-refractivity contribution >= 4 is 11.6 Å². The van der Waals surface area contributed by atoms with Crippen molar-refractivity contribution in [2.45, 2.75) is 25.4 Å². The van der Waals surface area contributed by atoms with E-state index in [9.17, 15) is 5.11 Å². The predicted octanol–water partition coefficient (Wildman–Crippen LogP) is 5.34. The highest BCUT2D eigenvalue weighted by Gasteiger charge is 2.25. The molecular formula is C22H20ClNO. The molecule has 0 aromatic heterocycles. The van der Waals surface area contributed by atoms with Crippen molar-refractivity contribution in [1.29, 1.82) is 0 Å². The van der Waals surface area contributed by atoms with Crippen LogP contribution in [0.1, 0.15) is 29.7 Å². The van der Waals surface area contributed by atoms with Gasteiger partial charge in [0.1, 0.15) is 5.75 Å². The van der Waals surface area contributed by atoms with Crippen LogP contribution in [0.4, 0.5) is 0 Å². The molecule has 2 nitrogen and oxygen atoms in total. The van der Waals surface area contributed by atoms with E-state index in [2.05, 4.69) is 42.6 Å². The van der Waals surface area contributed by atoms with Gasteiger partial charge in [-0.25, -0.2) is 0 Å². The number of benzene rings is 3. The minimum Gasteiger partial charge on any atom is -0.507 e. The van der Waals surface area contributed by atoms with Crippen molar-refractivity contribution in [2.75, 3.05) is 0 Å². The van der Waals surface area contributed by atoms with Gasteiger partial charge in [-0.1, -0.05) is 60.1 Å². The van der Waals surface area contributed by atoms with E-state index in [0.29, 0.717) is 11.8 Å². The first kappa shape index (κ1) is 16.2. The summed E-state index contributed by atoms with van der Waals surface area (Å²) in [5.74, 6) is 0.318. The number of rotatable bonds is 2. The smallest absolute Gasteiger partial charge is 0.123 e. The third kappa shape index (κ3) is 3.15. The van der Waals surface area contributed by atoms with Crippen LogP contribution in [0.5, 0.6) is 5.75 Å². The zero-order chi connectivity index (χ0) is 17.4. The highest BCUT2D eigenvalue weighted by atomic mass is 35.5. The van der Waals surface area contributed by atoms with Gasteiger partial charge in [-0.3, -0.25) is 0 Å². The lowest BCUT2D eigenvalue weighted by Gasteiger charge is -2.32. The van der Waals surface area contributed by atoms with Crippen molar-refractivity contribution in [2.24, 2.45) is 0 Å². The second kappa shape index (κ2) is 6.55. The fourth-order valence-electron chi connectivity index (χ4n) is 3.64. The highest BCUT2D eigenvalue weighted by Crippen LogP contribution is 2.36. The van der Waals surface area contributed by atoms with Crippen LogP contribution in [-0.2, 0) is 6.42 Å². The van der Waals surface area contributed by atoms with Gasteiger partial charge in [0.2, 0.25) is 0 Å². The molecule has 1 aliphatic heterocycles. The molecule has 3 aromatic rings. The number of phenolic OH excluding ortho intramolecular Hbond substituents is 1. The zero-order valence-corrected chi connectivity index (χ0v) is 14.8. The Morgan fingerprint density at radius 1 is 1.00 bits per heavy atom. The molecule has 1 aliphatic rings. The molecule has 3 heteroatoms. The Balaban J connectivity index is 1.78. The molecule has 126 valence electrons. The molecule has 0 saturated carbocycles. The van der Waals surface area contributed by atoms with Crippen LogP contribution in [-0.4, -0.2) is 11.1 Å². The molecule has 3 aromatic carbocycles. The first-order valence-electron chi connectivity index (χ1n) is 8.54. The summed E-state index contributed by atoms with van der Waals surface area (Å²) in [5, 5.41) is 14.6. The van der Waals surface area contributed by atoms with Crippen molar-refractivity contribution < 1.29 is 5.11 Å². The second-order valence-electron chi connectivity index (χ2n) is 6.69. The van der Waals surface area contributed by atoms with E-state index in [1.165, 1.54) is 16.7 Å². The highest BCUT2D eigenvalue weighted by molar-refractivity contribution is 6.30. The number of aromatic hydroxyl groups is 1. The van der Waals surface area contributed by atoms with Crippen molar-refractivity contribution in [3.8, 4) is 16.9 Å². The topological polar surface area (TPSA) is 32.3 Å². The maximum atomic E-state index is 10.2. The number of hydrogen-bond acceptors (Lipinski definition) is 2. The van der Waals surface area contributed by atoms with Gasteiger partial charge in [0.05, 0.1) is 6.04 Å². The summed E-state index contributed by atoms with van der Waals surface area (Å²) in [6, 6.07) is 22.6. The Morgan fingerprint density at radius 3 is 2.52 bits per heavy atom. The Morgan fingerprint density at radius 2 is 1.76 bits per heavy atom. The minimum absolute atomic E-state index is 0.162. The molecule has 0 fully saturated rings. The molecule has 4 rings (SSSR count). The Labute approximate surface area is 153 Å². The van der Waals surface area contributed by atoms with Crippen LogP contribution in [0.3, 0.4) is 0 Å². The van der Waals surface area contributed by atoms with Gasteiger partial charge >= 0.3 is 0 Å². The van der Waals surface area contributed by atoms with E-state index in [-0.39, 0.29) is 6.04 Å². The van der Waals surface area contributed by atoms with E-state index in [1.54, 1.807) is 6.07 Å². The van der Waals surface area contributed by atoms with Crippen LogP contribution in [0, 0.1) is 0 Å². The number of hydrogen-bond donors (Lipinski definition) is 2. The van der Waals surface area contributed by atoms with Crippen LogP contribution in [0.25, 0.3) is 11.1 Å². The molecule has 0 radical (unpaired) electrons. The molecule has 0 saturated heterocycles. The lowest BCUT2D eigenvalue weighted by atomic mass is 9.85. The number of fused-ring (bicyclic) bond motifs is 1. The van der Waals surface area contributed by atoms with E-state index >= 15 is 0 Å². The monoisotopic (exact) mass is 349 g/mol. The fourth-order valence-corrected chi connectivity index (χ4v) is 3.77. The van der Waals surface area contributed by atoms with Crippen LogP contribution >= 0.6 is 11.6 Å². The SMILES string of the molecule is CC1Cc2cc(-c3ccccc3O)ccc2C(c2ccc(Cl)cc2)N1. The largest absolute Gasteiger partial charge is 0.507 e. The van der Waals surface area contributed by atoms with Crippen molar-refractivity contribution in [1.82, 2.24) is 5.32 Å². The summed E-state index contributed by atoms with van der Waals surface area (Å²) in [6.45, 7) is 2.21. The van der Waals surface area contributed by atoms with Gasteiger partial charge in [0.25, 0.3) is 0 Å². The third-order valence-electron chi connectivity index (χ3n) is 4.85. The minimum atomic E-state index is 0.162. The average molecular weight is 350 g/mol. The fraction of sp³-hybridized carbons (Fsp3) is 0.182. The first-order valence-corrected chi connectivity index (χ1v) is 8.92. The third-order valence-corrected chi connectivity index (χ3v) is 5.10. The Bertz CT molecular complexity index is 904. The molecule has 2 N–H and O–H groups in total. The number of para-hydroxylation sites is 1. The number of phenols is 1. The summed E-state index contributed by atoms with van der Waals surface area (Å²) < 4.78 is 0. The molecule has 2 atom stereocenters. The summed E-state index contributed by atoms with van der Waals surface area (Å²) in [7, 11) is 0. The summed E-state index contributed by atoms with van der Waals surface area (Å²) in [6.07, 6.45) is 0.973. The standard InChI is InChI=1S/C22H20ClNO/c1-14-12-17-13-16(19-4-2-3-5-21(19)25)8-11-20(17)22(24-14)15-6-9-18(23)10-7-15/h2-11,13-14,22,24-25H,12H2,1H3. The normalized spacial score (nSPS) is 19.4. The summed E-state index contributed by atoms with van der Waals surface area (Å²) in [4.78, 5) is 0. The van der Waals surface area contributed by atoms with Gasteiger partial charge in [0.15, 0.2) is 0 Å². The quantitative estimate of drug-likeness (QED) is 0.654. The van der Waals surface area contributed by atoms with Gasteiger partial charge in [0, 0.05) is 16.6 Å². The first-order chi connectivity index (χ1) is 12.1. The maximum Gasteiger partial charge on any atom is 0.123 e. The van der Waals surface area contributed by atoms with Gasteiger partial charge in [-0.2, -0.15) is 0 Å². The zero-order valence-electron chi connectivity index (χ0n) is 14.0. The summed E-state index contributed by atoms with van der Waals surface area (Å²) in [5.41, 5.74) is 5.76. The molecule has 0 aliphatic carbocycles. The van der Waals surface area contributed by atoms with E-state index < -0.39 is 0 Å². The molecule has 2 unspecified atom stereocenters. The average Bonchev–Trinajstić information content (AvgIpc) is 2.61.